The van der Waals surface area contributed by atoms with Crippen LogP contribution < -0.4 is 10.6 Å². The summed E-state index contributed by atoms with van der Waals surface area (Å²) in [6, 6.07) is 17.2. The molecule has 1 aliphatic heterocycles. The predicted octanol–water partition coefficient (Wildman–Crippen LogP) is 3.16. The molecule has 0 fully saturated rings. The van der Waals surface area contributed by atoms with Gasteiger partial charge in [0, 0.05) is 11.4 Å². The first-order valence-corrected chi connectivity index (χ1v) is 8.88. The average Bonchev–Trinajstić information content (AvgIpc) is 3.15. The molecule has 27 heavy (non-hydrogen) atoms. The topological polar surface area (TPSA) is 84.7 Å². The second-order valence-corrected chi connectivity index (χ2v) is 6.43. The average molecular weight is 360 g/mol. The smallest absolute Gasteiger partial charge is 0.255 e. The highest BCUT2D eigenvalue weighted by Gasteiger charge is 2.33. The van der Waals surface area contributed by atoms with Crippen molar-refractivity contribution >= 4 is 17.5 Å². The van der Waals surface area contributed by atoms with E-state index in [9.17, 15) is 4.79 Å². The number of amides is 1. The highest BCUT2D eigenvalue weighted by molar-refractivity contribution is 6.05. The van der Waals surface area contributed by atoms with Gasteiger partial charge in [0.2, 0.25) is 5.95 Å². The number of benzene rings is 2. The van der Waals surface area contributed by atoms with Crippen molar-refractivity contribution in [2.24, 2.45) is 0 Å². The van der Waals surface area contributed by atoms with E-state index in [2.05, 4.69) is 45.2 Å². The Labute approximate surface area is 157 Å². The number of nitrogens with zero attached hydrogens (tertiary/aromatic N) is 4. The van der Waals surface area contributed by atoms with E-state index in [1.165, 1.54) is 5.56 Å². The molecule has 0 radical (unpaired) electrons. The number of hydrogen-bond acceptors (Lipinski definition) is 5. The maximum absolute atomic E-state index is 13.1. The Kier molecular flexibility index (Phi) is 4.42. The van der Waals surface area contributed by atoms with Gasteiger partial charge in [0.1, 0.15) is 6.04 Å². The van der Waals surface area contributed by atoms with E-state index in [0.717, 1.165) is 23.4 Å². The maximum atomic E-state index is 13.1. The number of fused-ring (bicyclic) bond motifs is 1. The van der Waals surface area contributed by atoms with Gasteiger partial charge in [-0.1, -0.05) is 54.5 Å². The first-order valence-electron chi connectivity index (χ1n) is 8.88. The second-order valence-electron chi connectivity index (χ2n) is 6.43. The summed E-state index contributed by atoms with van der Waals surface area (Å²) < 4.78 is 1.65. The fourth-order valence-corrected chi connectivity index (χ4v) is 3.27. The van der Waals surface area contributed by atoms with E-state index in [0.29, 0.717) is 11.5 Å². The van der Waals surface area contributed by atoms with Crippen LogP contribution in [0.15, 0.2) is 65.9 Å². The molecule has 1 unspecified atom stereocenters. The number of anilines is 2. The number of rotatable bonds is 4. The van der Waals surface area contributed by atoms with Gasteiger partial charge in [0.15, 0.2) is 0 Å². The molecule has 1 aliphatic rings. The van der Waals surface area contributed by atoms with Crippen LogP contribution >= 0.6 is 0 Å². The maximum Gasteiger partial charge on any atom is 0.255 e. The van der Waals surface area contributed by atoms with E-state index >= 15 is 0 Å². The lowest BCUT2D eigenvalue weighted by atomic mass is 9.94. The first kappa shape index (κ1) is 17.0. The molecule has 1 aromatic heterocycles. The van der Waals surface area contributed by atoms with Gasteiger partial charge in [-0.3, -0.25) is 4.79 Å². The van der Waals surface area contributed by atoms with E-state index < -0.39 is 6.04 Å². The molecule has 1 amide bonds. The van der Waals surface area contributed by atoms with Gasteiger partial charge < -0.3 is 10.6 Å². The van der Waals surface area contributed by atoms with Crippen LogP contribution in [0.2, 0.25) is 0 Å². The fraction of sp³-hybridized carbons (Fsp3) is 0.200. The molecule has 136 valence electrons. The Hall–Kier alpha value is -3.48. The minimum absolute atomic E-state index is 0.183. The molecule has 0 saturated heterocycles. The van der Waals surface area contributed by atoms with Gasteiger partial charge in [-0.25, -0.2) is 0 Å². The lowest BCUT2D eigenvalue weighted by molar-refractivity contribution is -0.113. The van der Waals surface area contributed by atoms with Crippen molar-refractivity contribution < 1.29 is 4.79 Å². The highest BCUT2D eigenvalue weighted by atomic mass is 16.1. The van der Waals surface area contributed by atoms with Crippen molar-refractivity contribution in [1.82, 2.24) is 20.2 Å². The fourth-order valence-electron chi connectivity index (χ4n) is 3.27. The van der Waals surface area contributed by atoms with Crippen LogP contribution in [0.4, 0.5) is 11.6 Å². The summed E-state index contributed by atoms with van der Waals surface area (Å²) in [6.07, 6.45) is 0.957. The van der Waals surface area contributed by atoms with Crippen LogP contribution in [0, 0.1) is 0 Å². The Morgan fingerprint density at radius 3 is 2.59 bits per heavy atom. The number of para-hydroxylation sites is 1. The second kappa shape index (κ2) is 7.03. The van der Waals surface area contributed by atoms with Gasteiger partial charge in [-0.2, -0.15) is 4.68 Å². The van der Waals surface area contributed by atoms with E-state index in [1.807, 2.05) is 49.4 Å². The monoisotopic (exact) mass is 360 g/mol. The zero-order valence-electron chi connectivity index (χ0n) is 15.2. The molecule has 4 rings (SSSR count). The number of aryl methyl sites for hydroxylation is 1. The minimum atomic E-state index is -0.397. The zero-order chi connectivity index (χ0) is 18.8. The number of nitrogens with one attached hydrogen (secondary N) is 2. The number of hydrogen-bond donors (Lipinski definition) is 2. The molecule has 3 aromatic rings. The Morgan fingerprint density at radius 2 is 1.89 bits per heavy atom. The Morgan fingerprint density at radius 1 is 1.15 bits per heavy atom. The molecule has 7 nitrogen and oxygen atoms in total. The summed E-state index contributed by atoms with van der Waals surface area (Å²) in [5.74, 6) is 0.338. The number of aromatic nitrogens is 4. The molecule has 7 heteroatoms. The summed E-state index contributed by atoms with van der Waals surface area (Å²) in [5.41, 5.74) is 4.25. The Bertz CT molecular complexity index is 991. The van der Waals surface area contributed by atoms with E-state index in [1.54, 1.807) is 4.68 Å². The van der Waals surface area contributed by atoms with E-state index in [-0.39, 0.29) is 5.91 Å². The standard InChI is InChI=1S/C20H20N6O/c1-3-14-9-11-15(12-10-14)18-17(13(2)21-20-23-24-25-26(18)20)19(27)22-16-7-5-4-6-8-16/h4-12,18H,3H2,1-2H3,(H,22,27)(H,21,23,25). The lowest BCUT2D eigenvalue weighted by Crippen LogP contribution is -2.31. The largest absolute Gasteiger partial charge is 0.326 e. The summed E-state index contributed by atoms with van der Waals surface area (Å²) in [7, 11) is 0. The summed E-state index contributed by atoms with van der Waals surface area (Å²) in [5, 5.41) is 18.0. The van der Waals surface area contributed by atoms with Crippen molar-refractivity contribution in [3.63, 3.8) is 0 Å². The van der Waals surface area contributed by atoms with Crippen molar-refractivity contribution in [3.05, 3.63) is 77.0 Å². The van der Waals surface area contributed by atoms with Crippen LogP contribution in [-0.4, -0.2) is 26.1 Å². The van der Waals surface area contributed by atoms with Gasteiger partial charge in [0.25, 0.3) is 5.91 Å². The molecule has 0 aliphatic carbocycles. The van der Waals surface area contributed by atoms with Crippen LogP contribution in [0.1, 0.15) is 31.0 Å². The van der Waals surface area contributed by atoms with Gasteiger partial charge in [-0.05, 0) is 47.0 Å². The molecule has 1 atom stereocenters. The molecular weight excluding hydrogens is 340 g/mol. The van der Waals surface area contributed by atoms with E-state index in [4.69, 9.17) is 0 Å². The quantitative estimate of drug-likeness (QED) is 0.746. The molecule has 0 bridgehead atoms. The van der Waals surface area contributed by atoms with Gasteiger partial charge >= 0.3 is 0 Å². The summed E-state index contributed by atoms with van der Waals surface area (Å²) in [4.78, 5) is 13.1. The first-order chi connectivity index (χ1) is 13.2. The van der Waals surface area contributed by atoms with Crippen molar-refractivity contribution in [1.29, 1.82) is 0 Å². The lowest BCUT2D eigenvalue weighted by Gasteiger charge is -2.28. The number of carbonyl (C=O) groups excluding carboxylic acids is 1. The van der Waals surface area contributed by atoms with Crippen molar-refractivity contribution in [3.8, 4) is 0 Å². The van der Waals surface area contributed by atoms with Crippen LogP contribution in [-0.2, 0) is 11.2 Å². The summed E-state index contributed by atoms with van der Waals surface area (Å²) in [6.45, 7) is 3.98. The molecule has 2 aromatic carbocycles. The third-order valence-electron chi connectivity index (χ3n) is 4.69. The molecule has 0 saturated carbocycles. The molecule has 2 heterocycles. The zero-order valence-corrected chi connectivity index (χ0v) is 15.2. The SMILES string of the molecule is CCc1ccc(C2C(C(=O)Nc3ccccc3)=C(C)Nc3nnnn32)cc1. The number of tetrazole rings is 1. The number of carbonyl (C=O) groups is 1. The highest BCUT2D eigenvalue weighted by Crippen LogP contribution is 2.34. The molecular formula is C20H20N6O. The summed E-state index contributed by atoms with van der Waals surface area (Å²) >= 11 is 0. The third kappa shape index (κ3) is 3.19. The van der Waals surface area contributed by atoms with Crippen LogP contribution in [0.5, 0.6) is 0 Å². The van der Waals surface area contributed by atoms with Crippen molar-refractivity contribution in [2.45, 2.75) is 26.3 Å². The predicted molar refractivity (Wildman–Crippen MR) is 103 cm³/mol. The van der Waals surface area contributed by atoms with Crippen LogP contribution in [0.3, 0.4) is 0 Å². The van der Waals surface area contributed by atoms with Crippen LogP contribution in [0.25, 0.3) is 0 Å². The third-order valence-corrected chi connectivity index (χ3v) is 4.69. The molecule has 2 N–H and O–H groups in total. The molecule has 0 spiro atoms. The Balaban J connectivity index is 1.75. The minimum Gasteiger partial charge on any atom is -0.326 e. The van der Waals surface area contributed by atoms with Gasteiger partial charge in [0.05, 0.1) is 5.57 Å². The van der Waals surface area contributed by atoms with Gasteiger partial charge in [-0.15, -0.1) is 0 Å². The van der Waals surface area contributed by atoms with Crippen molar-refractivity contribution in [2.75, 3.05) is 10.6 Å². The number of allylic oxidation sites excluding steroid dienone is 1. The normalized spacial score (nSPS) is 15.9.